The molecule has 28 heavy (non-hydrogen) atoms. The highest BCUT2D eigenvalue weighted by Gasteiger charge is 2.68. The maximum absolute atomic E-state index is 12.9. The minimum Gasteiger partial charge on any atom is -0.472 e. The zero-order valence-corrected chi connectivity index (χ0v) is 16.9. The predicted octanol–water partition coefficient (Wildman–Crippen LogP) is 4.06. The van der Waals surface area contributed by atoms with Crippen molar-refractivity contribution in [1.29, 1.82) is 0 Å². The van der Waals surface area contributed by atoms with Crippen molar-refractivity contribution in [2.24, 2.45) is 28.6 Å². The maximum atomic E-state index is 12.9. The summed E-state index contributed by atoms with van der Waals surface area (Å²) in [7, 11) is 1.49. The average Bonchev–Trinajstić information content (AvgIpc) is 3.34. The van der Waals surface area contributed by atoms with E-state index in [1.165, 1.54) is 7.11 Å². The smallest absolute Gasteiger partial charge is 0.311 e. The standard InChI is InChI=1S/C22H30O6/c1-13-6-8-21(2)17-5-4-15(18(21)19(23)24-3)26-12-27-20-22(13,17)10-16(28-20)14-7-9-25-11-14/h7,9,11,13,15-18,20H,4-6,8,10,12H2,1-3H3/t13-,15-,16?,17+,18-,20-,21-,22-/m1/s1. The van der Waals surface area contributed by atoms with Crippen molar-refractivity contribution in [2.75, 3.05) is 13.9 Å². The summed E-state index contributed by atoms with van der Waals surface area (Å²) in [5.41, 5.74) is 0.740. The van der Waals surface area contributed by atoms with Crippen LogP contribution in [0.5, 0.6) is 0 Å². The molecular formula is C22H30O6. The van der Waals surface area contributed by atoms with Crippen molar-refractivity contribution in [3.8, 4) is 0 Å². The van der Waals surface area contributed by atoms with Crippen LogP contribution in [0.4, 0.5) is 0 Å². The van der Waals surface area contributed by atoms with Gasteiger partial charge in [-0.15, -0.1) is 0 Å². The summed E-state index contributed by atoms with van der Waals surface area (Å²) >= 11 is 0. The second-order valence-electron chi connectivity index (χ2n) is 9.40. The SMILES string of the molecule is COC(=O)[C@H]1[C@H]2CC[C@H]3[C@@]1(C)CC[C@@H](C)[C@]31CC(c3ccoc3)O[C@H]1OCO2. The summed E-state index contributed by atoms with van der Waals surface area (Å²) in [5, 5.41) is 0. The van der Waals surface area contributed by atoms with Crippen LogP contribution in [0.25, 0.3) is 0 Å². The van der Waals surface area contributed by atoms with E-state index >= 15 is 0 Å². The van der Waals surface area contributed by atoms with Crippen molar-refractivity contribution >= 4 is 5.97 Å². The summed E-state index contributed by atoms with van der Waals surface area (Å²) in [4.78, 5) is 12.9. The van der Waals surface area contributed by atoms with Crippen molar-refractivity contribution in [3.63, 3.8) is 0 Å². The molecule has 6 heteroatoms. The van der Waals surface area contributed by atoms with E-state index in [1.54, 1.807) is 12.5 Å². The molecule has 3 aliphatic heterocycles. The summed E-state index contributed by atoms with van der Waals surface area (Å²) in [6, 6.07) is 1.98. The van der Waals surface area contributed by atoms with Crippen molar-refractivity contribution in [2.45, 2.75) is 64.4 Å². The number of carbonyl (C=O) groups excluding carboxylic acids is 1. The zero-order chi connectivity index (χ0) is 19.5. The minimum atomic E-state index is -0.331. The van der Waals surface area contributed by atoms with Crippen LogP contribution < -0.4 is 0 Å². The van der Waals surface area contributed by atoms with Crippen LogP contribution in [-0.2, 0) is 23.7 Å². The van der Waals surface area contributed by atoms with E-state index < -0.39 is 0 Å². The number of fused-ring (bicyclic) bond motifs is 3. The lowest BCUT2D eigenvalue weighted by atomic mass is 9.43. The number of hydrogen-bond acceptors (Lipinski definition) is 6. The molecule has 8 atom stereocenters. The third-order valence-electron chi connectivity index (χ3n) is 8.44. The monoisotopic (exact) mass is 390 g/mol. The number of methoxy groups -OCH3 is 1. The molecule has 0 amide bonds. The van der Waals surface area contributed by atoms with Crippen LogP contribution in [0, 0.1) is 28.6 Å². The lowest BCUT2D eigenvalue weighted by Gasteiger charge is -2.60. The van der Waals surface area contributed by atoms with Crippen LogP contribution in [0.2, 0.25) is 0 Å². The Morgan fingerprint density at radius 1 is 1.25 bits per heavy atom. The first-order valence-corrected chi connectivity index (χ1v) is 10.5. The van der Waals surface area contributed by atoms with Crippen LogP contribution >= 0.6 is 0 Å². The lowest BCUT2D eigenvalue weighted by Crippen LogP contribution is -2.60. The minimum absolute atomic E-state index is 0.0534. The second kappa shape index (κ2) is 6.57. The van der Waals surface area contributed by atoms with E-state index in [4.69, 9.17) is 23.4 Å². The summed E-state index contributed by atoms with van der Waals surface area (Å²) in [6.07, 6.45) is 7.76. The Morgan fingerprint density at radius 2 is 2.11 bits per heavy atom. The Hall–Kier alpha value is -1.37. The number of ether oxygens (including phenoxy) is 4. The molecule has 0 aromatic carbocycles. The Kier molecular flexibility index (Phi) is 4.38. The Bertz CT molecular complexity index is 731. The maximum Gasteiger partial charge on any atom is 0.311 e. The molecule has 6 rings (SSSR count). The largest absolute Gasteiger partial charge is 0.472 e. The molecule has 154 valence electrons. The fourth-order valence-corrected chi connectivity index (χ4v) is 7.07. The molecule has 4 heterocycles. The Balaban J connectivity index is 1.61. The molecule has 3 saturated heterocycles. The lowest BCUT2D eigenvalue weighted by molar-refractivity contribution is -0.242. The summed E-state index contributed by atoms with van der Waals surface area (Å²) in [6.45, 7) is 4.75. The van der Waals surface area contributed by atoms with Gasteiger partial charge in [0.1, 0.15) is 6.79 Å². The first-order valence-electron chi connectivity index (χ1n) is 10.5. The van der Waals surface area contributed by atoms with Gasteiger partial charge in [-0.3, -0.25) is 4.79 Å². The van der Waals surface area contributed by atoms with Gasteiger partial charge in [0.15, 0.2) is 6.29 Å². The van der Waals surface area contributed by atoms with Gasteiger partial charge >= 0.3 is 5.97 Å². The van der Waals surface area contributed by atoms with E-state index in [-0.39, 0.29) is 48.0 Å². The highest BCUT2D eigenvalue weighted by molar-refractivity contribution is 5.74. The average molecular weight is 390 g/mol. The van der Waals surface area contributed by atoms with Gasteiger partial charge in [-0.05, 0) is 55.4 Å². The second-order valence-corrected chi connectivity index (χ2v) is 9.40. The Morgan fingerprint density at radius 3 is 2.86 bits per heavy atom. The van der Waals surface area contributed by atoms with Crippen LogP contribution in [0.1, 0.15) is 57.6 Å². The quantitative estimate of drug-likeness (QED) is 0.710. The highest BCUT2D eigenvalue weighted by atomic mass is 16.8. The van der Waals surface area contributed by atoms with Crippen molar-refractivity contribution < 1.29 is 28.2 Å². The van der Waals surface area contributed by atoms with E-state index in [1.807, 2.05) is 6.07 Å². The third-order valence-corrected chi connectivity index (χ3v) is 8.44. The van der Waals surface area contributed by atoms with Gasteiger partial charge in [0.05, 0.1) is 37.8 Å². The van der Waals surface area contributed by atoms with Gasteiger partial charge in [-0.2, -0.15) is 0 Å². The van der Waals surface area contributed by atoms with E-state index in [0.717, 1.165) is 37.7 Å². The molecule has 0 radical (unpaired) electrons. The molecule has 1 aromatic heterocycles. The molecule has 5 aliphatic rings. The molecule has 2 saturated carbocycles. The first kappa shape index (κ1) is 18.6. The third kappa shape index (κ3) is 2.40. The van der Waals surface area contributed by atoms with E-state index in [9.17, 15) is 4.79 Å². The molecule has 5 fully saturated rings. The molecule has 0 N–H and O–H groups in total. The number of furan rings is 1. The first-order chi connectivity index (χ1) is 13.5. The number of hydrogen-bond donors (Lipinski definition) is 0. The predicted molar refractivity (Wildman–Crippen MR) is 98.9 cm³/mol. The molecule has 1 unspecified atom stereocenters. The number of carbonyl (C=O) groups is 1. The zero-order valence-electron chi connectivity index (χ0n) is 16.9. The van der Waals surface area contributed by atoms with Crippen molar-refractivity contribution in [3.05, 3.63) is 24.2 Å². The highest BCUT2D eigenvalue weighted by Crippen LogP contribution is 2.69. The van der Waals surface area contributed by atoms with Gasteiger partial charge in [-0.1, -0.05) is 13.8 Å². The summed E-state index contributed by atoms with van der Waals surface area (Å²) in [5.74, 6) is 0.370. The fraction of sp³-hybridized carbons (Fsp3) is 0.773. The van der Waals surface area contributed by atoms with Gasteiger partial charge in [0.25, 0.3) is 0 Å². The van der Waals surface area contributed by atoms with Crippen molar-refractivity contribution in [1.82, 2.24) is 0 Å². The molecule has 6 nitrogen and oxygen atoms in total. The van der Waals surface area contributed by atoms with Crippen LogP contribution in [0.3, 0.4) is 0 Å². The van der Waals surface area contributed by atoms with Gasteiger partial charge in [-0.25, -0.2) is 0 Å². The fourth-order valence-electron chi connectivity index (χ4n) is 7.07. The van der Waals surface area contributed by atoms with Gasteiger partial charge < -0.3 is 23.4 Å². The van der Waals surface area contributed by atoms with E-state index in [0.29, 0.717) is 11.8 Å². The van der Waals surface area contributed by atoms with Gasteiger partial charge in [0.2, 0.25) is 0 Å². The van der Waals surface area contributed by atoms with Crippen LogP contribution in [0.15, 0.2) is 23.0 Å². The van der Waals surface area contributed by atoms with Crippen LogP contribution in [-0.4, -0.2) is 32.3 Å². The number of rotatable bonds is 2. The molecular weight excluding hydrogens is 360 g/mol. The molecule has 1 aromatic rings. The summed E-state index contributed by atoms with van der Waals surface area (Å²) < 4.78 is 29.4. The topological polar surface area (TPSA) is 67.1 Å². The normalized spacial score (nSPS) is 47.7. The van der Waals surface area contributed by atoms with Gasteiger partial charge in [0, 0.05) is 11.0 Å². The molecule has 1 spiro atoms. The molecule has 2 aliphatic carbocycles. The number of esters is 1. The van der Waals surface area contributed by atoms with E-state index in [2.05, 4.69) is 13.8 Å². The Labute approximate surface area is 165 Å². The molecule has 4 bridgehead atoms.